The van der Waals surface area contributed by atoms with Gasteiger partial charge in [-0.3, -0.25) is 14.5 Å². The van der Waals surface area contributed by atoms with E-state index in [2.05, 4.69) is 0 Å². The van der Waals surface area contributed by atoms with Gasteiger partial charge in [0.05, 0.1) is 19.8 Å². The number of hydrogen-bond acceptors (Lipinski definition) is 6. The largest absolute Gasteiger partial charge is 0.490 e. The Morgan fingerprint density at radius 3 is 2.45 bits per heavy atom. The fourth-order valence-electron chi connectivity index (χ4n) is 3.42. The Bertz CT molecular complexity index is 1130. The molecular weight excluding hydrogens is 420 g/mol. The highest BCUT2D eigenvalue weighted by Crippen LogP contribution is 2.32. The van der Waals surface area contributed by atoms with Crippen molar-refractivity contribution in [2.75, 3.05) is 26.9 Å². The van der Waals surface area contributed by atoms with Crippen LogP contribution in [0.3, 0.4) is 0 Å². The molecule has 0 aliphatic carbocycles. The topological polar surface area (TPSA) is 88.9 Å². The second-order valence-electron chi connectivity index (χ2n) is 7.34. The van der Waals surface area contributed by atoms with Crippen LogP contribution in [-0.4, -0.2) is 43.6 Å². The quantitative estimate of drug-likeness (QED) is 0.429. The third-order valence-electron chi connectivity index (χ3n) is 5.16. The molecule has 0 fully saturated rings. The first-order chi connectivity index (χ1) is 16.0. The van der Waals surface area contributed by atoms with Crippen molar-refractivity contribution in [3.63, 3.8) is 0 Å². The van der Waals surface area contributed by atoms with Gasteiger partial charge in [-0.25, -0.2) is 0 Å². The molecule has 2 aromatic carbocycles. The third kappa shape index (κ3) is 5.48. The first kappa shape index (κ1) is 23.8. The van der Waals surface area contributed by atoms with Crippen molar-refractivity contribution >= 4 is 17.9 Å². The average Bonchev–Trinajstić information content (AvgIpc) is 2.82. The van der Waals surface area contributed by atoms with Gasteiger partial charge >= 0.3 is 0 Å². The predicted octanol–water partition coefficient (Wildman–Crippen LogP) is 3.90. The van der Waals surface area contributed by atoms with Crippen LogP contribution in [-0.2, 0) is 20.9 Å². The molecule has 0 atom stereocenters. The van der Waals surface area contributed by atoms with Crippen LogP contribution in [0.2, 0.25) is 0 Å². The zero-order valence-electron chi connectivity index (χ0n) is 19.0. The normalized spacial score (nSPS) is 15.1. The van der Waals surface area contributed by atoms with E-state index in [9.17, 15) is 14.9 Å². The molecular formula is C26H26N2O5. The first-order valence-corrected chi connectivity index (χ1v) is 10.6. The molecule has 1 heterocycles. The van der Waals surface area contributed by atoms with Crippen molar-refractivity contribution < 1.29 is 23.8 Å². The van der Waals surface area contributed by atoms with Gasteiger partial charge in [-0.05, 0) is 48.8 Å². The Kier molecular flexibility index (Phi) is 8.01. The maximum atomic E-state index is 13.0. The molecule has 0 saturated heterocycles. The molecule has 0 saturated carbocycles. The molecule has 0 radical (unpaired) electrons. The van der Waals surface area contributed by atoms with Crippen molar-refractivity contribution in [3.05, 3.63) is 76.4 Å². The summed E-state index contributed by atoms with van der Waals surface area (Å²) in [5.74, 6) is 0.0602. The summed E-state index contributed by atoms with van der Waals surface area (Å²) in [7, 11) is 1.48. The summed E-state index contributed by atoms with van der Waals surface area (Å²) in [4.78, 5) is 26.6. The molecule has 0 bridgehead atoms. The van der Waals surface area contributed by atoms with E-state index in [0.29, 0.717) is 35.8 Å². The van der Waals surface area contributed by atoms with Crippen LogP contribution < -0.4 is 9.47 Å². The first-order valence-electron chi connectivity index (χ1n) is 10.6. The Labute approximate surface area is 193 Å². The number of hydrogen-bond donors (Lipinski definition) is 0. The fraction of sp³-hybridized carbons (Fsp3) is 0.269. The number of rotatable bonds is 9. The highest BCUT2D eigenvalue weighted by atomic mass is 16.5. The molecule has 2 aromatic rings. The van der Waals surface area contributed by atoms with Crippen LogP contribution in [0.4, 0.5) is 0 Å². The number of amides is 2. The van der Waals surface area contributed by atoms with Crippen molar-refractivity contribution in [2.45, 2.75) is 20.5 Å². The van der Waals surface area contributed by atoms with E-state index >= 15 is 0 Å². The Hall–Kier alpha value is -3.89. The summed E-state index contributed by atoms with van der Waals surface area (Å²) in [6.07, 6.45) is 1.66. The zero-order chi connectivity index (χ0) is 23.8. The Morgan fingerprint density at radius 1 is 1.03 bits per heavy atom. The second-order valence-corrected chi connectivity index (χ2v) is 7.34. The van der Waals surface area contributed by atoms with Gasteiger partial charge < -0.3 is 14.2 Å². The number of carbonyl (C=O) groups is 2. The summed E-state index contributed by atoms with van der Waals surface area (Å²) in [6.45, 7) is 4.57. The van der Waals surface area contributed by atoms with E-state index in [-0.39, 0.29) is 24.3 Å². The lowest BCUT2D eigenvalue weighted by Crippen LogP contribution is -2.44. The van der Waals surface area contributed by atoms with Gasteiger partial charge in [0, 0.05) is 12.7 Å². The van der Waals surface area contributed by atoms with E-state index in [1.807, 2.05) is 43.3 Å². The molecule has 1 aliphatic rings. The summed E-state index contributed by atoms with van der Waals surface area (Å²) in [5.41, 5.74) is 2.30. The average molecular weight is 447 g/mol. The number of ether oxygens (including phenoxy) is 3. The van der Waals surface area contributed by atoms with Gasteiger partial charge in [0.1, 0.15) is 18.2 Å². The number of carbonyl (C=O) groups excluding carboxylic acids is 2. The molecule has 2 amide bonds. The van der Waals surface area contributed by atoms with Crippen molar-refractivity contribution in [2.24, 2.45) is 0 Å². The molecule has 33 heavy (non-hydrogen) atoms. The highest BCUT2D eigenvalue weighted by Gasteiger charge is 2.35. The maximum Gasteiger partial charge on any atom is 0.271 e. The third-order valence-corrected chi connectivity index (χ3v) is 5.16. The van der Waals surface area contributed by atoms with Crippen LogP contribution in [0.5, 0.6) is 11.5 Å². The summed E-state index contributed by atoms with van der Waals surface area (Å²) in [6, 6.07) is 17.1. The lowest BCUT2D eigenvalue weighted by Gasteiger charge is -2.27. The molecule has 170 valence electrons. The van der Waals surface area contributed by atoms with Crippen molar-refractivity contribution in [1.82, 2.24) is 4.90 Å². The highest BCUT2D eigenvalue weighted by molar-refractivity contribution is 6.19. The minimum Gasteiger partial charge on any atom is -0.490 e. The predicted molar refractivity (Wildman–Crippen MR) is 123 cm³/mol. The minimum atomic E-state index is -0.603. The molecule has 1 aliphatic heterocycles. The van der Waals surface area contributed by atoms with Crippen LogP contribution in [0.25, 0.3) is 6.08 Å². The number of methoxy groups -OCH3 is 1. The zero-order valence-corrected chi connectivity index (χ0v) is 19.0. The van der Waals surface area contributed by atoms with Gasteiger partial charge in [0.25, 0.3) is 11.8 Å². The summed E-state index contributed by atoms with van der Waals surface area (Å²) in [5, 5.41) is 9.49. The number of benzene rings is 2. The van der Waals surface area contributed by atoms with E-state index in [0.717, 1.165) is 10.5 Å². The van der Waals surface area contributed by atoms with E-state index in [1.54, 1.807) is 31.2 Å². The van der Waals surface area contributed by atoms with Crippen molar-refractivity contribution in [3.8, 4) is 17.6 Å². The van der Waals surface area contributed by atoms with E-state index < -0.39 is 11.8 Å². The molecule has 0 spiro atoms. The molecule has 7 heteroatoms. The monoisotopic (exact) mass is 446 g/mol. The molecule has 7 nitrogen and oxygen atoms in total. The lowest BCUT2D eigenvalue weighted by atomic mass is 9.93. The Balaban J connectivity index is 1.94. The van der Waals surface area contributed by atoms with E-state index in [4.69, 9.17) is 14.2 Å². The second kappa shape index (κ2) is 11.1. The lowest BCUT2D eigenvalue weighted by molar-refractivity contribution is -0.141. The standard InChI is InChI=1S/C26H26N2O5/c1-4-32-24-15-20(10-11-23(24)33-17-19-8-6-5-7-9-19)14-21-18(2)22(16-27)26(30)28(25(21)29)12-13-31-3/h5-11,14-15H,4,12-13,17H2,1-3H3/b21-14+. The fourth-order valence-corrected chi connectivity index (χ4v) is 3.42. The SMILES string of the molecule is CCOc1cc(/C=C2/C(=O)N(CCOC)C(=O)C(C#N)=C2C)ccc1OCc1ccccc1. The summed E-state index contributed by atoms with van der Waals surface area (Å²) >= 11 is 0. The van der Waals surface area contributed by atoms with E-state index in [1.165, 1.54) is 7.11 Å². The Morgan fingerprint density at radius 2 is 1.79 bits per heavy atom. The molecule has 0 unspecified atom stereocenters. The molecule has 3 rings (SSSR count). The van der Waals surface area contributed by atoms with Gasteiger partial charge in [0.2, 0.25) is 0 Å². The van der Waals surface area contributed by atoms with Crippen LogP contribution in [0.1, 0.15) is 25.0 Å². The smallest absolute Gasteiger partial charge is 0.271 e. The van der Waals surface area contributed by atoms with Crippen molar-refractivity contribution in [1.29, 1.82) is 5.26 Å². The van der Waals surface area contributed by atoms with Gasteiger partial charge in [-0.2, -0.15) is 5.26 Å². The van der Waals surface area contributed by atoms with Gasteiger partial charge in [-0.15, -0.1) is 0 Å². The maximum absolute atomic E-state index is 13.0. The van der Waals surface area contributed by atoms with Crippen LogP contribution in [0.15, 0.2) is 65.3 Å². The number of imide groups is 1. The van der Waals surface area contributed by atoms with Crippen LogP contribution in [0, 0.1) is 11.3 Å². The summed E-state index contributed by atoms with van der Waals surface area (Å²) < 4.78 is 16.7. The molecule has 0 aromatic heterocycles. The number of nitrogens with zero attached hydrogens (tertiary/aromatic N) is 2. The van der Waals surface area contributed by atoms with Gasteiger partial charge in [0.15, 0.2) is 11.5 Å². The van der Waals surface area contributed by atoms with Gasteiger partial charge in [-0.1, -0.05) is 36.4 Å². The minimum absolute atomic E-state index is 0.0511. The van der Waals surface area contributed by atoms with Crippen LogP contribution >= 0.6 is 0 Å². The number of nitriles is 1. The molecule has 0 N–H and O–H groups in total.